The molecule has 1 atom stereocenters. The minimum Gasteiger partial charge on any atom is -0.357 e. The first-order valence-electron chi connectivity index (χ1n) is 10.6. The maximum atomic E-state index is 13.4. The fraction of sp³-hybridized carbons (Fsp3) is 0.231. The number of likely N-dealkylation sites (N-methyl/N-ethyl adjacent to an activating group) is 1. The van der Waals surface area contributed by atoms with Crippen molar-refractivity contribution < 1.29 is 9.59 Å². The number of carbonyl (C=O) groups is 2. The molecule has 0 aliphatic rings. The highest BCUT2D eigenvalue weighted by Gasteiger charge is 2.29. The van der Waals surface area contributed by atoms with Crippen LogP contribution >= 0.6 is 35.0 Å². The lowest BCUT2D eigenvalue weighted by atomic mass is 10.0. The third-order valence-corrected chi connectivity index (χ3v) is 6.66. The van der Waals surface area contributed by atoms with Gasteiger partial charge in [0.2, 0.25) is 11.8 Å². The first-order chi connectivity index (χ1) is 16.0. The number of nitrogens with one attached hydrogen (secondary N) is 1. The molecular weight excluding hydrogens is 475 g/mol. The summed E-state index contributed by atoms with van der Waals surface area (Å²) in [6.07, 6.45) is 0.729. The first kappa shape index (κ1) is 25.2. The van der Waals surface area contributed by atoms with Crippen molar-refractivity contribution in [2.45, 2.75) is 30.3 Å². The Bertz CT molecular complexity index is 1060. The standard InChI is InChI=1S/C26H26Cl2N2O2S/c1-29-26(32)24(17-19-6-3-2-4-7-19)30(18-20-8-5-9-22(28)16-20)25(31)14-15-33-23-12-10-21(27)11-13-23/h2-13,16,24H,14-15,17-18H2,1H3,(H,29,32)/t24-/m1/s1. The van der Waals surface area contributed by atoms with E-state index >= 15 is 0 Å². The zero-order valence-corrected chi connectivity index (χ0v) is 20.7. The number of benzene rings is 3. The zero-order chi connectivity index (χ0) is 23.6. The van der Waals surface area contributed by atoms with Crippen molar-refractivity contribution in [1.29, 1.82) is 0 Å². The summed E-state index contributed by atoms with van der Waals surface area (Å²) in [4.78, 5) is 29.0. The highest BCUT2D eigenvalue weighted by molar-refractivity contribution is 7.99. The second-order valence-electron chi connectivity index (χ2n) is 7.52. The summed E-state index contributed by atoms with van der Waals surface area (Å²) in [5, 5.41) is 4.00. The lowest BCUT2D eigenvalue weighted by Crippen LogP contribution is -2.49. The molecule has 3 rings (SSSR count). The van der Waals surface area contributed by atoms with E-state index in [1.807, 2.05) is 72.8 Å². The van der Waals surface area contributed by atoms with Crippen molar-refractivity contribution in [2.24, 2.45) is 0 Å². The van der Waals surface area contributed by atoms with Crippen LogP contribution in [-0.4, -0.2) is 35.6 Å². The Kier molecular flexibility index (Phi) is 9.67. The summed E-state index contributed by atoms with van der Waals surface area (Å²) in [5.74, 6) is 0.318. The van der Waals surface area contributed by atoms with E-state index in [9.17, 15) is 9.59 Å². The molecule has 3 aromatic carbocycles. The Morgan fingerprint density at radius 2 is 1.61 bits per heavy atom. The fourth-order valence-electron chi connectivity index (χ4n) is 3.48. The Morgan fingerprint density at radius 1 is 0.909 bits per heavy atom. The van der Waals surface area contributed by atoms with E-state index < -0.39 is 6.04 Å². The molecule has 0 fully saturated rings. The summed E-state index contributed by atoms with van der Waals surface area (Å²) in [6, 6.07) is 24.0. The number of hydrogen-bond donors (Lipinski definition) is 1. The molecule has 0 saturated heterocycles. The van der Waals surface area contributed by atoms with Crippen LogP contribution in [0.5, 0.6) is 0 Å². The van der Waals surface area contributed by atoms with Gasteiger partial charge >= 0.3 is 0 Å². The van der Waals surface area contributed by atoms with Gasteiger partial charge in [-0.25, -0.2) is 0 Å². The summed E-state index contributed by atoms with van der Waals surface area (Å²) < 4.78 is 0. The third-order valence-electron chi connectivity index (χ3n) is 5.16. The van der Waals surface area contributed by atoms with Gasteiger partial charge in [-0.1, -0.05) is 65.7 Å². The lowest BCUT2D eigenvalue weighted by Gasteiger charge is -2.31. The molecular formula is C26H26Cl2N2O2S. The third kappa shape index (κ3) is 7.81. The molecule has 0 bridgehead atoms. The van der Waals surface area contributed by atoms with Crippen molar-refractivity contribution in [3.63, 3.8) is 0 Å². The van der Waals surface area contributed by atoms with Gasteiger partial charge in [-0.2, -0.15) is 0 Å². The second-order valence-corrected chi connectivity index (χ2v) is 9.56. The summed E-state index contributed by atoms with van der Waals surface area (Å²) in [7, 11) is 1.60. The maximum absolute atomic E-state index is 13.4. The van der Waals surface area contributed by atoms with Gasteiger partial charge in [0, 0.05) is 47.1 Å². The Labute approximate surface area is 209 Å². The quantitative estimate of drug-likeness (QED) is 0.354. The topological polar surface area (TPSA) is 49.4 Å². The van der Waals surface area contributed by atoms with Crippen LogP contribution in [0.4, 0.5) is 0 Å². The molecule has 4 nitrogen and oxygen atoms in total. The average Bonchev–Trinajstić information content (AvgIpc) is 2.82. The van der Waals surface area contributed by atoms with Gasteiger partial charge in [-0.3, -0.25) is 9.59 Å². The van der Waals surface area contributed by atoms with Gasteiger partial charge < -0.3 is 10.2 Å². The van der Waals surface area contributed by atoms with Gasteiger partial charge in [0.25, 0.3) is 0 Å². The first-order valence-corrected chi connectivity index (χ1v) is 12.4. The van der Waals surface area contributed by atoms with Crippen molar-refractivity contribution in [3.05, 3.63) is 100 Å². The monoisotopic (exact) mass is 500 g/mol. The van der Waals surface area contributed by atoms with Crippen molar-refractivity contribution in [3.8, 4) is 0 Å². The van der Waals surface area contributed by atoms with E-state index in [1.54, 1.807) is 29.8 Å². The summed E-state index contributed by atoms with van der Waals surface area (Å²) >= 11 is 13.7. The Hall–Kier alpha value is -2.47. The van der Waals surface area contributed by atoms with Gasteiger partial charge in [-0.05, 0) is 47.5 Å². The van der Waals surface area contributed by atoms with Crippen LogP contribution in [0, 0.1) is 0 Å². The number of amides is 2. The molecule has 3 aromatic rings. The smallest absolute Gasteiger partial charge is 0.242 e. The van der Waals surface area contributed by atoms with Crippen molar-refractivity contribution >= 4 is 46.8 Å². The molecule has 0 spiro atoms. The predicted molar refractivity (Wildman–Crippen MR) is 137 cm³/mol. The van der Waals surface area contributed by atoms with Crippen LogP contribution in [-0.2, 0) is 22.6 Å². The van der Waals surface area contributed by atoms with Gasteiger partial charge in [-0.15, -0.1) is 11.8 Å². The predicted octanol–water partition coefficient (Wildman–Crippen LogP) is 5.86. The molecule has 0 unspecified atom stereocenters. The Morgan fingerprint density at radius 3 is 2.27 bits per heavy atom. The minimum atomic E-state index is -0.635. The van der Waals surface area contributed by atoms with E-state index in [1.165, 1.54) is 0 Å². The van der Waals surface area contributed by atoms with Crippen LogP contribution < -0.4 is 5.32 Å². The molecule has 0 aromatic heterocycles. The number of thioether (sulfide) groups is 1. The Balaban J connectivity index is 1.80. The van der Waals surface area contributed by atoms with E-state index in [-0.39, 0.29) is 11.8 Å². The van der Waals surface area contributed by atoms with E-state index in [2.05, 4.69) is 5.32 Å². The number of halogens is 2. The van der Waals surface area contributed by atoms with Crippen LogP contribution in [0.2, 0.25) is 10.0 Å². The zero-order valence-electron chi connectivity index (χ0n) is 18.3. The normalized spacial score (nSPS) is 11.6. The van der Waals surface area contributed by atoms with Gasteiger partial charge in [0.05, 0.1) is 0 Å². The molecule has 2 amide bonds. The largest absolute Gasteiger partial charge is 0.357 e. The van der Waals surface area contributed by atoms with Crippen LogP contribution in [0.15, 0.2) is 83.8 Å². The van der Waals surface area contributed by atoms with Gasteiger partial charge in [0.15, 0.2) is 0 Å². The van der Waals surface area contributed by atoms with Crippen LogP contribution in [0.3, 0.4) is 0 Å². The van der Waals surface area contributed by atoms with Crippen molar-refractivity contribution in [2.75, 3.05) is 12.8 Å². The molecule has 0 aliphatic carbocycles. The SMILES string of the molecule is CNC(=O)[C@@H](Cc1ccccc1)N(Cc1cccc(Cl)c1)C(=O)CCSc1ccc(Cl)cc1. The minimum absolute atomic E-state index is 0.0824. The molecule has 0 heterocycles. The molecule has 7 heteroatoms. The average molecular weight is 501 g/mol. The number of hydrogen-bond acceptors (Lipinski definition) is 3. The van der Waals surface area contributed by atoms with Crippen molar-refractivity contribution in [1.82, 2.24) is 10.2 Å². The van der Waals surface area contributed by atoms with E-state index in [4.69, 9.17) is 23.2 Å². The molecule has 0 aliphatic heterocycles. The summed E-state index contributed by atoms with van der Waals surface area (Å²) in [6.45, 7) is 0.302. The molecule has 1 N–H and O–H groups in total. The van der Waals surface area contributed by atoms with E-state index in [0.29, 0.717) is 35.2 Å². The summed E-state index contributed by atoms with van der Waals surface area (Å²) in [5.41, 5.74) is 1.87. The number of carbonyl (C=O) groups excluding carboxylic acids is 2. The van der Waals surface area contributed by atoms with Crippen LogP contribution in [0.25, 0.3) is 0 Å². The van der Waals surface area contributed by atoms with Gasteiger partial charge in [0.1, 0.15) is 6.04 Å². The highest BCUT2D eigenvalue weighted by Crippen LogP contribution is 2.23. The molecule has 0 radical (unpaired) electrons. The molecule has 33 heavy (non-hydrogen) atoms. The lowest BCUT2D eigenvalue weighted by molar-refractivity contribution is -0.140. The fourth-order valence-corrected chi connectivity index (χ4v) is 4.66. The number of nitrogens with zero attached hydrogens (tertiary/aromatic N) is 1. The van der Waals surface area contributed by atoms with Crippen LogP contribution in [0.1, 0.15) is 17.5 Å². The maximum Gasteiger partial charge on any atom is 0.242 e. The number of rotatable bonds is 10. The second kappa shape index (κ2) is 12.7. The van der Waals surface area contributed by atoms with E-state index in [0.717, 1.165) is 16.0 Å². The molecule has 0 saturated carbocycles. The molecule has 172 valence electrons. The highest BCUT2D eigenvalue weighted by atomic mass is 35.5.